The van der Waals surface area contributed by atoms with E-state index in [0.29, 0.717) is 10.9 Å². The summed E-state index contributed by atoms with van der Waals surface area (Å²) in [6.07, 6.45) is 5.36. The van der Waals surface area contributed by atoms with E-state index in [2.05, 4.69) is 10.3 Å². The largest absolute Gasteiger partial charge is 0.474 e. The molecule has 1 aromatic carbocycles. The van der Waals surface area contributed by atoms with Crippen molar-refractivity contribution in [2.75, 3.05) is 0 Å². The number of carbonyl (C=O) groups is 1. The van der Waals surface area contributed by atoms with Crippen molar-refractivity contribution in [3.8, 4) is 5.88 Å². The molecule has 134 valence electrons. The lowest BCUT2D eigenvalue weighted by atomic mass is 9.93. The highest BCUT2D eigenvalue weighted by atomic mass is 35.5. The minimum atomic E-state index is 0.0231. The third-order valence-corrected chi connectivity index (χ3v) is 5.98. The highest BCUT2D eigenvalue weighted by molar-refractivity contribution is 7.20. The third-order valence-electron chi connectivity index (χ3n) is 4.65. The summed E-state index contributed by atoms with van der Waals surface area (Å²) in [4.78, 5) is 17.5. The Bertz CT molecular complexity index is 869. The summed E-state index contributed by atoms with van der Waals surface area (Å²) < 4.78 is 7.05. The first kappa shape index (κ1) is 17.3. The Hall–Kier alpha value is -2.11. The minimum Gasteiger partial charge on any atom is -0.474 e. The van der Waals surface area contributed by atoms with Crippen molar-refractivity contribution in [2.24, 2.45) is 0 Å². The lowest BCUT2D eigenvalue weighted by Crippen LogP contribution is -2.39. The molecule has 0 unspecified atom stereocenters. The van der Waals surface area contributed by atoms with Gasteiger partial charge >= 0.3 is 0 Å². The second-order valence-corrected chi connectivity index (χ2v) is 8.05. The highest BCUT2D eigenvalue weighted by Gasteiger charge is 2.24. The van der Waals surface area contributed by atoms with E-state index in [9.17, 15) is 4.79 Å². The van der Waals surface area contributed by atoms with Crippen LogP contribution >= 0.6 is 22.9 Å². The van der Waals surface area contributed by atoms with Gasteiger partial charge in [0.2, 0.25) is 5.88 Å². The first-order valence-electron chi connectivity index (χ1n) is 8.75. The summed E-state index contributed by atoms with van der Waals surface area (Å²) >= 11 is 7.38. The number of aromatic nitrogens is 1. The first-order chi connectivity index (χ1) is 12.7. The summed E-state index contributed by atoms with van der Waals surface area (Å²) in [5.74, 6) is 0.627. The molecule has 1 fully saturated rings. The maximum absolute atomic E-state index is 12.5. The quantitative estimate of drug-likeness (QED) is 0.681. The van der Waals surface area contributed by atoms with Crippen molar-refractivity contribution in [1.29, 1.82) is 0 Å². The van der Waals surface area contributed by atoms with E-state index in [1.807, 2.05) is 30.3 Å². The standard InChI is InChI=1S/C20H19ClN2O2S/c21-14-5-10-19(22-12-14)25-16-8-6-15(7-9-16)23-20(24)18-11-13-3-1-2-4-17(13)26-18/h1-5,10-12,15-16H,6-9H2,(H,23,24). The van der Waals surface area contributed by atoms with Gasteiger partial charge in [-0.05, 0) is 49.3 Å². The number of ether oxygens (including phenoxy) is 1. The number of nitrogens with one attached hydrogen (secondary N) is 1. The monoisotopic (exact) mass is 386 g/mol. The van der Waals surface area contributed by atoms with Crippen LogP contribution in [-0.4, -0.2) is 23.0 Å². The van der Waals surface area contributed by atoms with Crippen LogP contribution < -0.4 is 10.1 Å². The molecule has 3 aromatic rings. The fourth-order valence-corrected chi connectivity index (χ4v) is 4.36. The van der Waals surface area contributed by atoms with Gasteiger partial charge in [0.15, 0.2) is 0 Å². The zero-order valence-corrected chi connectivity index (χ0v) is 15.7. The van der Waals surface area contributed by atoms with E-state index in [4.69, 9.17) is 16.3 Å². The second-order valence-electron chi connectivity index (χ2n) is 6.53. The number of halogens is 1. The van der Waals surface area contributed by atoms with Crippen molar-refractivity contribution in [1.82, 2.24) is 10.3 Å². The summed E-state index contributed by atoms with van der Waals surface area (Å²) in [5, 5.41) is 4.89. The number of rotatable bonds is 4. The van der Waals surface area contributed by atoms with Crippen LogP contribution in [0.1, 0.15) is 35.4 Å². The molecule has 0 aliphatic heterocycles. The van der Waals surface area contributed by atoms with Crippen LogP contribution in [0, 0.1) is 0 Å². The number of thiophene rings is 1. The molecule has 2 heterocycles. The van der Waals surface area contributed by atoms with Gasteiger partial charge in [0.25, 0.3) is 5.91 Å². The number of hydrogen-bond donors (Lipinski definition) is 1. The molecule has 0 atom stereocenters. The van der Waals surface area contributed by atoms with Crippen LogP contribution in [0.3, 0.4) is 0 Å². The van der Waals surface area contributed by atoms with E-state index >= 15 is 0 Å². The number of carbonyl (C=O) groups excluding carboxylic acids is 1. The topological polar surface area (TPSA) is 51.2 Å². The number of nitrogens with zero attached hydrogens (tertiary/aromatic N) is 1. The number of benzene rings is 1. The predicted molar refractivity (Wildman–Crippen MR) is 105 cm³/mol. The van der Waals surface area contributed by atoms with E-state index in [1.54, 1.807) is 29.7 Å². The zero-order valence-electron chi connectivity index (χ0n) is 14.2. The summed E-state index contributed by atoms with van der Waals surface area (Å²) in [7, 11) is 0. The molecule has 4 rings (SSSR count). The van der Waals surface area contributed by atoms with Gasteiger partial charge in [0, 0.05) is 23.0 Å². The van der Waals surface area contributed by atoms with Crippen molar-refractivity contribution in [3.63, 3.8) is 0 Å². The lowest BCUT2D eigenvalue weighted by molar-refractivity contribution is 0.0894. The molecule has 1 N–H and O–H groups in total. The molecule has 0 radical (unpaired) electrons. The Kier molecular flexibility index (Phi) is 5.09. The van der Waals surface area contributed by atoms with Gasteiger partial charge in [-0.1, -0.05) is 29.8 Å². The van der Waals surface area contributed by atoms with Crippen LogP contribution in [0.5, 0.6) is 5.88 Å². The van der Waals surface area contributed by atoms with Crippen LogP contribution in [0.2, 0.25) is 5.02 Å². The Labute approximate surface area is 161 Å². The van der Waals surface area contributed by atoms with E-state index in [0.717, 1.165) is 40.6 Å². The molecule has 0 bridgehead atoms. The number of fused-ring (bicyclic) bond motifs is 1. The summed E-state index contributed by atoms with van der Waals surface area (Å²) in [6, 6.07) is 13.8. The maximum atomic E-state index is 12.5. The maximum Gasteiger partial charge on any atom is 0.261 e. The van der Waals surface area contributed by atoms with E-state index in [-0.39, 0.29) is 18.1 Å². The molecular formula is C20H19ClN2O2S. The van der Waals surface area contributed by atoms with Gasteiger partial charge in [-0.25, -0.2) is 4.98 Å². The number of pyridine rings is 1. The van der Waals surface area contributed by atoms with Gasteiger partial charge in [-0.15, -0.1) is 11.3 Å². The van der Waals surface area contributed by atoms with Gasteiger partial charge < -0.3 is 10.1 Å². The molecule has 26 heavy (non-hydrogen) atoms. The SMILES string of the molecule is O=C(NC1CCC(Oc2ccc(Cl)cn2)CC1)c1cc2ccccc2s1. The van der Waals surface area contributed by atoms with Gasteiger partial charge in [-0.3, -0.25) is 4.79 Å². The third kappa shape index (κ3) is 4.00. The Morgan fingerprint density at radius 2 is 1.96 bits per heavy atom. The molecule has 1 amide bonds. The smallest absolute Gasteiger partial charge is 0.261 e. The molecule has 6 heteroatoms. The molecule has 1 aliphatic carbocycles. The van der Waals surface area contributed by atoms with Crippen LogP contribution in [0.25, 0.3) is 10.1 Å². The molecule has 0 spiro atoms. The van der Waals surface area contributed by atoms with Gasteiger partial charge in [0.1, 0.15) is 6.10 Å². The Balaban J connectivity index is 1.30. The Morgan fingerprint density at radius 1 is 1.15 bits per heavy atom. The summed E-state index contributed by atoms with van der Waals surface area (Å²) in [6.45, 7) is 0. The van der Waals surface area contributed by atoms with Crippen LogP contribution in [-0.2, 0) is 0 Å². The fraction of sp³-hybridized carbons (Fsp3) is 0.300. The van der Waals surface area contributed by atoms with Crippen molar-refractivity contribution in [2.45, 2.75) is 37.8 Å². The Morgan fingerprint density at radius 3 is 2.69 bits per heavy atom. The van der Waals surface area contributed by atoms with E-state index < -0.39 is 0 Å². The van der Waals surface area contributed by atoms with Gasteiger partial charge in [-0.2, -0.15) is 0 Å². The first-order valence-corrected chi connectivity index (χ1v) is 9.94. The number of hydrogen-bond acceptors (Lipinski definition) is 4. The molecule has 1 aliphatic rings. The zero-order chi connectivity index (χ0) is 17.9. The fourth-order valence-electron chi connectivity index (χ4n) is 3.28. The minimum absolute atomic E-state index is 0.0231. The summed E-state index contributed by atoms with van der Waals surface area (Å²) in [5.41, 5.74) is 0. The van der Waals surface area contributed by atoms with E-state index in [1.165, 1.54) is 0 Å². The lowest BCUT2D eigenvalue weighted by Gasteiger charge is -2.29. The molecule has 2 aromatic heterocycles. The average molecular weight is 387 g/mol. The highest BCUT2D eigenvalue weighted by Crippen LogP contribution is 2.27. The van der Waals surface area contributed by atoms with Crippen molar-refractivity contribution >= 4 is 38.9 Å². The van der Waals surface area contributed by atoms with Crippen molar-refractivity contribution in [3.05, 3.63) is 58.6 Å². The molecule has 4 nitrogen and oxygen atoms in total. The average Bonchev–Trinajstić information content (AvgIpc) is 3.10. The van der Waals surface area contributed by atoms with Crippen LogP contribution in [0.15, 0.2) is 48.7 Å². The van der Waals surface area contributed by atoms with Crippen LogP contribution in [0.4, 0.5) is 0 Å². The second kappa shape index (κ2) is 7.64. The normalized spacial score (nSPS) is 20.0. The molecule has 1 saturated carbocycles. The number of amides is 1. The predicted octanol–water partition coefficient (Wildman–Crippen LogP) is 5.07. The van der Waals surface area contributed by atoms with Crippen molar-refractivity contribution < 1.29 is 9.53 Å². The van der Waals surface area contributed by atoms with Gasteiger partial charge in [0.05, 0.1) is 9.90 Å². The molecule has 0 saturated heterocycles. The molecular weight excluding hydrogens is 368 g/mol.